The minimum absolute atomic E-state index is 0.103. The van der Waals surface area contributed by atoms with Crippen LogP contribution >= 0.6 is 12.2 Å². The van der Waals surface area contributed by atoms with Crippen LogP contribution in [0.5, 0.6) is 0 Å². The van der Waals surface area contributed by atoms with Gasteiger partial charge in [-0.25, -0.2) is 9.37 Å². The Hall–Kier alpha value is -3.38. The van der Waals surface area contributed by atoms with Crippen LogP contribution in [0.1, 0.15) is 35.5 Å². The molecule has 1 aliphatic rings. The number of thiocarbonyl (C=S) groups is 1. The first-order chi connectivity index (χ1) is 13.6. The van der Waals surface area contributed by atoms with E-state index >= 15 is 0 Å². The molecule has 148 valence electrons. The van der Waals surface area contributed by atoms with Crippen LogP contribution in [-0.2, 0) is 4.79 Å². The van der Waals surface area contributed by atoms with Crippen LogP contribution < -0.4 is 15.1 Å². The maximum Gasteiger partial charge on any atom is 0.259 e. The predicted molar refractivity (Wildman–Crippen MR) is 110 cm³/mol. The molecule has 2 amide bonds. The number of rotatable bonds is 3. The van der Waals surface area contributed by atoms with Gasteiger partial charge in [-0.2, -0.15) is 5.26 Å². The number of carbonyl (C=O) groups excluding carboxylic acids is 2. The van der Waals surface area contributed by atoms with E-state index in [0.29, 0.717) is 16.9 Å². The highest BCUT2D eigenvalue weighted by molar-refractivity contribution is 7.81. The van der Waals surface area contributed by atoms with Gasteiger partial charge in [0.25, 0.3) is 11.8 Å². The summed E-state index contributed by atoms with van der Waals surface area (Å²) >= 11 is 5.54. The second-order valence-electron chi connectivity index (χ2n) is 7.03. The predicted octanol–water partition coefficient (Wildman–Crippen LogP) is 2.68. The molecular formula is C20H18FN5O2S. The largest absolute Gasteiger partial charge is 0.355 e. The van der Waals surface area contributed by atoms with Crippen LogP contribution in [0.25, 0.3) is 0 Å². The van der Waals surface area contributed by atoms with Crippen molar-refractivity contribution in [3.05, 3.63) is 53.1 Å². The Morgan fingerprint density at radius 1 is 1.31 bits per heavy atom. The summed E-state index contributed by atoms with van der Waals surface area (Å²) in [5.41, 5.74) is 0.440. The molecule has 1 fully saturated rings. The molecule has 1 aliphatic heterocycles. The zero-order valence-corrected chi connectivity index (χ0v) is 17.1. The zero-order valence-electron chi connectivity index (χ0n) is 16.3. The summed E-state index contributed by atoms with van der Waals surface area (Å²) in [5, 5.41) is 11.6. The Balaban J connectivity index is 2.06. The number of hydrogen-bond acceptors (Lipinski definition) is 5. The van der Waals surface area contributed by atoms with Crippen LogP contribution in [0.2, 0.25) is 0 Å². The lowest BCUT2D eigenvalue weighted by molar-refractivity contribution is -0.120. The van der Waals surface area contributed by atoms with Gasteiger partial charge in [-0.3, -0.25) is 14.5 Å². The average Bonchev–Trinajstić information content (AvgIpc) is 2.85. The van der Waals surface area contributed by atoms with E-state index in [0.717, 1.165) is 0 Å². The van der Waals surface area contributed by atoms with Gasteiger partial charge >= 0.3 is 0 Å². The number of nitrogens with one attached hydrogen (secondary N) is 1. The van der Waals surface area contributed by atoms with E-state index in [2.05, 4.69) is 10.3 Å². The third-order valence-electron chi connectivity index (χ3n) is 4.78. The maximum absolute atomic E-state index is 14.5. The fourth-order valence-electron chi connectivity index (χ4n) is 3.22. The molecule has 0 atom stereocenters. The molecule has 0 spiro atoms. The van der Waals surface area contributed by atoms with Gasteiger partial charge in [0.15, 0.2) is 5.11 Å². The van der Waals surface area contributed by atoms with Crippen LogP contribution in [0, 0.1) is 24.1 Å². The standard InChI is InChI=1S/C20H18FN5O2S/c1-11-7-13(10-24-16(11)9-22)25-18(28)20(2,3)26(19(25)29)12-5-6-14(15(21)8-12)17(27)23-4/h5-8,10H,1-4H3,(H,23,27). The number of hydrogen-bond donors (Lipinski definition) is 1. The Morgan fingerprint density at radius 2 is 2.00 bits per heavy atom. The number of halogens is 1. The summed E-state index contributed by atoms with van der Waals surface area (Å²) in [6, 6.07) is 7.71. The van der Waals surface area contributed by atoms with Crippen molar-refractivity contribution in [2.75, 3.05) is 16.8 Å². The fraction of sp³-hybridized carbons (Fsp3) is 0.250. The smallest absolute Gasteiger partial charge is 0.259 e. The van der Waals surface area contributed by atoms with Gasteiger partial charge in [0.2, 0.25) is 0 Å². The van der Waals surface area contributed by atoms with Crippen LogP contribution in [0.4, 0.5) is 15.8 Å². The van der Waals surface area contributed by atoms with Crippen molar-refractivity contribution < 1.29 is 14.0 Å². The molecule has 0 aliphatic carbocycles. The van der Waals surface area contributed by atoms with E-state index in [9.17, 15) is 14.0 Å². The van der Waals surface area contributed by atoms with E-state index in [1.165, 1.54) is 35.2 Å². The van der Waals surface area contributed by atoms with E-state index in [-0.39, 0.29) is 22.3 Å². The Labute approximate surface area is 172 Å². The number of aromatic nitrogens is 1. The summed E-state index contributed by atoms with van der Waals surface area (Å²) in [5.74, 6) is -1.58. The monoisotopic (exact) mass is 411 g/mol. The summed E-state index contributed by atoms with van der Waals surface area (Å²) in [4.78, 5) is 31.8. The van der Waals surface area contributed by atoms with E-state index in [1.54, 1.807) is 32.9 Å². The number of benzene rings is 1. The molecular weight excluding hydrogens is 393 g/mol. The molecule has 0 saturated carbocycles. The Morgan fingerprint density at radius 3 is 2.55 bits per heavy atom. The van der Waals surface area contributed by atoms with Crippen molar-refractivity contribution in [3.8, 4) is 6.07 Å². The molecule has 1 aromatic heterocycles. The number of amides is 2. The minimum atomic E-state index is -1.10. The van der Waals surface area contributed by atoms with Gasteiger partial charge in [-0.05, 0) is 62.8 Å². The highest BCUT2D eigenvalue weighted by Crippen LogP contribution is 2.37. The lowest BCUT2D eigenvalue weighted by Crippen LogP contribution is -2.44. The SMILES string of the molecule is CNC(=O)c1ccc(N2C(=S)N(c3cnc(C#N)c(C)c3)C(=O)C2(C)C)cc1F. The van der Waals surface area contributed by atoms with Crippen molar-refractivity contribution in [3.63, 3.8) is 0 Å². The third-order valence-corrected chi connectivity index (χ3v) is 5.14. The first-order valence-corrected chi connectivity index (χ1v) is 9.11. The van der Waals surface area contributed by atoms with Crippen molar-refractivity contribution in [2.45, 2.75) is 26.3 Å². The number of pyridine rings is 1. The number of anilines is 2. The van der Waals surface area contributed by atoms with E-state index in [4.69, 9.17) is 17.5 Å². The molecule has 1 N–H and O–H groups in total. The van der Waals surface area contributed by atoms with Crippen LogP contribution in [0.3, 0.4) is 0 Å². The fourth-order valence-corrected chi connectivity index (χ4v) is 3.74. The van der Waals surface area contributed by atoms with E-state index in [1.807, 2.05) is 6.07 Å². The zero-order chi connectivity index (χ0) is 21.5. The molecule has 0 unspecified atom stereocenters. The first-order valence-electron chi connectivity index (χ1n) is 8.70. The molecule has 0 radical (unpaired) electrons. The third kappa shape index (κ3) is 3.21. The van der Waals surface area contributed by atoms with Gasteiger partial charge in [-0.15, -0.1) is 0 Å². The van der Waals surface area contributed by atoms with E-state index < -0.39 is 17.3 Å². The van der Waals surface area contributed by atoms with Gasteiger partial charge < -0.3 is 10.2 Å². The molecule has 29 heavy (non-hydrogen) atoms. The lowest BCUT2D eigenvalue weighted by Gasteiger charge is -2.29. The normalized spacial score (nSPS) is 15.4. The van der Waals surface area contributed by atoms with Gasteiger partial charge in [0.05, 0.1) is 17.4 Å². The summed E-state index contributed by atoms with van der Waals surface area (Å²) < 4.78 is 14.5. The Bertz CT molecular complexity index is 1090. The van der Waals surface area contributed by atoms with Crippen LogP contribution in [0.15, 0.2) is 30.5 Å². The molecule has 3 rings (SSSR count). The second kappa shape index (κ2) is 7.22. The topological polar surface area (TPSA) is 89.3 Å². The number of carbonyl (C=O) groups is 2. The van der Waals surface area contributed by atoms with Gasteiger partial charge in [0.1, 0.15) is 23.1 Å². The van der Waals surface area contributed by atoms with Gasteiger partial charge in [-0.1, -0.05) is 0 Å². The number of nitriles is 1. The van der Waals surface area contributed by atoms with Crippen molar-refractivity contribution in [1.29, 1.82) is 5.26 Å². The van der Waals surface area contributed by atoms with Crippen molar-refractivity contribution in [1.82, 2.24) is 10.3 Å². The highest BCUT2D eigenvalue weighted by atomic mass is 32.1. The summed E-state index contributed by atoms with van der Waals surface area (Å²) in [7, 11) is 1.42. The molecule has 9 heteroatoms. The Kier molecular flexibility index (Phi) is 5.07. The minimum Gasteiger partial charge on any atom is -0.355 e. The molecule has 0 bridgehead atoms. The van der Waals surface area contributed by atoms with Crippen molar-refractivity contribution in [2.24, 2.45) is 0 Å². The second-order valence-corrected chi connectivity index (χ2v) is 7.40. The first kappa shape index (κ1) is 20.4. The van der Waals surface area contributed by atoms with Crippen LogP contribution in [-0.4, -0.2) is 34.5 Å². The quantitative estimate of drug-likeness (QED) is 0.781. The molecule has 1 aromatic carbocycles. The lowest BCUT2D eigenvalue weighted by atomic mass is 10.0. The summed E-state index contributed by atoms with van der Waals surface area (Å²) in [6.07, 6.45) is 1.41. The van der Waals surface area contributed by atoms with Gasteiger partial charge in [0, 0.05) is 12.7 Å². The molecule has 7 nitrogen and oxygen atoms in total. The average molecular weight is 411 g/mol. The number of aryl methyl sites for hydroxylation is 1. The number of nitrogens with zero attached hydrogens (tertiary/aromatic N) is 4. The van der Waals surface area contributed by atoms with Crippen molar-refractivity contribution >= 4 is 40.5 Å². The molecule has 2 heterocycles. The molecule has 2 aromatic rings. The highest BCUT2D eigenvalue weighted by Gasteiger charge is 2.50. The summed E-state index contributed by atoms with van der Waals surface area (Å²) in [6.45, 7) is 5.07. The maximum atomic E-state index is 14.5. The molecule has 1 saturated heterocycles.